The molecule has 1 amide bonds. The molecule has 1 saturated heterocycles. The minimum Gasteiger partial charge on any atom is -0.339 e. The molecule has 1 unspecified atom stereocenters. The van der Waals surface area contributed by atoms with Crippen molar-refractivity contribution in [1.82, 2.24) is 14.1 Å². The quantitative estimate of drug-likeness (QED) is 0.583. The Morgan fingerprint density at radius 2 is 1.50 bits per heavy atom. The average Bonchev–Trinajstić information content (AvgIpc) is 3.65. The second-order valence-electron chi connectivity index (χ2n) is 8.99. The molecular formula is C25H33N3O3S. The number of piperazine rings is 1. The van der Waals surface area contributed by atoms with Gasteiger partial charge in [0.2, 0.25) is 15.9 Å². The summed E-state index contributed by atoms with van der Waals surface area (Å²) in [5, 5.41) is 0. The van der Waals surface area contributed by atoms with Gasteiger partial charge in [0.15, 0.2) is 0 Å². The van der Waals surface area contributed by atoms with Gasteiger partial charge in [0.05, 0.1) is 12.3 Å². The molecule has 2 fully saturated rings. The predicted octanol–water partition coefficient (Wildman–Crippen LogP) is 2.96. The zero-order valence-corrected chi connectivity index (χ0v) is 19.6. The number of hydrogen-bond acceptors (Lipinski definition) is 4. The molecule has 32 heavy (non-hydrogen) atoms. The Kier molecular flexibility index (Phi) is 7.28. The molecule has 4 rings (SSSR count). The molecule has 6 nitrogen and oxygen atoms in total. The Bertz CT molecular complexity index is 986. The first-order chi connectivity index (χ1) is 15.4. The van der Waals surface area contributed by atoms with E-state index in [1.807, 2.05) is 53.4 Å². The van der Waals surface area contributed by atoms with Crippen molar-refractivity contribution >= 4 is 15.9 Å². The molecule has 1 atom stereocenters. The zero-order valence-electron chi connectivity index (χ0n) is 18.8. The highest BCUT2D eigenvalue weighted by Crippen LogP contribution is 2.35. The molecule has 1 saturated carbocycles. The number of hydrogen-bond donors (Lipinski definition) is 0. The van der Waals surface area contributed by atoms with Gasteiger partial charge in [-0.15, -0.1) is 0 Å². The molecule has 0 radical (unpaired) electrons. The zero-order chi connectivity index (χ0) is 22.6. The van der Waals surface area contributed by atoms with E-state index in [4.69, 9.17) is 0 Å². The highest BCUT2D eigenvalue weighted by Gasteiger charge is 2.34. The van der Waals surface area contributed by atoms with Crippen molar-refractivity contribution in [1.29, 1.82) is 0 Å². The van der Waals surface area contributed by atoms with Crippen LogP contribution in [0.1, 0.15) is 30.9 Å². The maximum atomic E-state index is 13.1. The summed E-state index contributed by atoms with van der Waals surface area (Å²) in [4.78, 5) is 17.2. The van der Waals surface area contributed by atoms with Crippen LogP contribution in [0.2, 0.25) is 0 Å². The fourth-order valence-electron chi connectivity index (χ4n) is 4.40. The van der Waals surface area contributed by atoms with Gasteiger partial charge in [0.1, 0.15) is 0 Å². The van der Waals surface area contributed by atoms with Gasteiger partial charge in [0, 0.05) is 38.8 Å². The Balaban J connectivity index is 1.33. The molecule has 1 aliphatic carbocycles. The molecular weight excluding hydrogens is 422 g/mol. The van der Waals surface area contributed by atoms with Gasteiger partial charge < -0.3 is 4.90 Å². The lowest BCUT2D eigenvalue weighted by molar-refractivity contribution is -0.134. The molecule has 0 bridgehead atoms. The molecule has 1 heterocycles. The normalized spacial score (nSPS) is 18.6. The van der Waals surface area contributed by atoms with Gasteiger partial charge in [-0.05, 0) is 36.8 Å². The van der Waals surface area contributed by atoms with Gasteiger partial charge >= 0.3 is 0 Å². The Morgan fingerprint density at radius 3 is 2.06 bits per heavy atom. The highest BCUT2D eigenvalue weighted by molar-refractivity contribution is 7.88. The number of sulfonamides is 1. The Morgan fingerprint density at radius 1 is 0.938 bits per heavy atom. The lowest BCUT2D eigenvalue weighted by Gasteiger charge is -2.36. The average molecular weight is 456 g/mol. The second-order valence-corrected chi connectivity index (χ2v) is 11.0. The van der Waals surface area contributed by atoms with Crippen LogP contribution in [0.15, 0.2) is 60.7 Å². The highest BCUT2D eigenvalue weighted by atomic mass is 32.2. The molecule has 0 aromatic heterocycles. The Labute approximate surface area is 191 Å². The van der Waals surface area contributed by atoms with Crippen molar-refractivity contribution in [3.63, 3.8) is 0 Å². The largest absolute Gasteiger partial charge is 0.339 e. The topological polar surface area (TPSA) is 60.9 Å². The van der Waals surface area contributed by atoms with Crippen LogP contribution in [0.3, 0.4) is 0 Å². The Hall–Kier alpha value is -2.22. The lowest BCUT2D eigenvalue weighted by Crippen LogP contribution is -2.53. The first kappa shape index (κ1) is 23.0. The van der Waals surface area contributed by atoms with Crippen LogP contribution >= 0.6 is 0 Å². The van der Waals surface area contributed by atoms with E-state index in [1.165, 1.54) is 22.7 Å². The first-order valence-electron chi connectivity index (χ1n) is 11.5. The van der Waals surface area contributed by atoms with Gasteiger partial charge in [-0.1, -0.05) is 60.7 Å². The van der Waals surface area contributed by atoms with Crippen LogP contribution in [-0.2, 0) is 27.1 Å². The number of carbonyl (C=O) groups excluding carboxylic acids is 1. The summed E-state index contributed by atoms with van der Waals surface area (Å²) in [5.41, 5.74) is 2.00. The van der Waals surface area contributed by atoms with E-state index < -0.39 is 10.0 Å². The molecule has 7 heteroatoms. The summed E-state index contributed by atoms with van der Waals surface area (Å²) in [7, 11) is -3.38. The van der Waals surface area contributed by atoms with E-state index in [-0.39, 0.29) is 11.7 Å². The number of carbonyl (C=O) groups is 1. The predicted molar refractivity (Wildman–Crippen MR) is 126 cm³/mol. The van der Waals surface area contributed by atoms with E-state index in [1.54, 1.807) is 0 Å². The van der Waals surface area contributed by atoms with Crippen LogP contribution in [0.25, 0.3) is 0 Å². The fraction of sp³-hybridized carbons (Fsp3) is 0.480. The van der Waals surface area contributed by atoms with Gasteiger partial charge in [-0.3, -0.25) is 9.69 Å². The molecule has 2 aromatic rings. The SMILES string of the molecule is CC(C1CC1)N(CC(=O)N1CCN(S(=O)(=O)Cc2ccccc2)CC1)Cc1ccccc1. The lowest BCUT2D eigenvalue weighted by atomic mass is 10.1. The maximum Gasteiger partial charge on any atom is 0.236 e. The third-order valence-corrected chi connectivity index (χ3v) is 8.47. The fourth-order valence-corrected chi connectivity index (χ4v) is 5.92. The van der Waals surface area contributed by atoms with Crippen molar-refractivity contribution < 1.29 is 13.2 Å². The van der Waals surface area contributed by atoms with Crippen LogP contribution in [0.4, 0.5) is 0 Å². The third-order valence-electron chi connectivity index (χ3n) is 6.62. The van der Waals surface area contributed by atoms with Crippen molar-refractivity contribution in [3.8, 4) is 0 Å². The van der Waals surface area contributed by atoms with Crippen molar-refractivity contribution in [2.45, 2.75) is 38.1 Å². The number of amides is 1. The smallest absolute Gasteiger partial charge is 0.236 e. The van der Waals surface area contributed by atoms with E-state index >= 15 is 0 Å². The van der Waals surface area contributed by atoms with Crippen molar-refractivity contribution in [2.24, 2.45) is 5.92 Å². The minimum absolute atomic E-state index is 0.00550. The van der Waals surface area contributed by atoms with E-state index in [2.05, 4.69) is 24.0 Å². The molecule has 2 aliphatic rings. The van der Waals surface area contributed by atoms with Gasteiger partial charge in [-0.25, -0.2) is 8.42 Å². The van der Waals surface area contributed by atoms with Crippen molar-refractivity contribution in [2.75, 3.05) is 32.7 Å². The summed E-state index contributed by atoms with van der Waals surface area (Å²) in [5.74, 6) is 0.769. The molecule has 2 aromatic carbocycles. The summed E-state index contributed by atoms with van der Waals surface area (Å²) < 4.78 is 27.1. The van der Waals surface area contributed by atoms with Gasteiger partial charge in [0.25, 0.3) is 0 Å². The number of rotatable bonds is 9. The number of nitrogens with zero attached hydrogens (tertiary/aromatic N) is 3. The summed E-state index contributed by atoms with van der Waals surface area (Å²) in [6.45, 7) is 4.98. The summed E-state index contributed by atoms with van der Waals surface area (Å²) in [6.07, 6.45) is 2.47. The monoisotopic (exact) mass is 455 g/mol. The first-order valence-corrected chi connectivity index (χ1v) is 13.1. The number of benzene rings is 2. The van der Waals surface area contributed by atoms with Crippen LogP contribution in [0, 0.1) is 5.92 Å². The molecule has 0 spiro atoms. The maximum absolute atomic E-state index is 13.1. The summed E-state index contributed by atoms with van der Waals surface area (Å²) in [6, 6.07) is 19.9. The molecule has 0 N–H and O–H groups in total. The third kappa shape index (κ3) is 5.97. The van der Waals surface area contributed by atoms with E-state index in [9.17, 15) is 13.2 Å². The van der Waals surface area contributed by atoms with Gasteiger partial charge in [-0.2, -0.15) is 4.31 Å². The van der Waals surface area contributed by atoms with E-state index in [0.717, 1.165) is 12.1 Å². The van der Waals surface area contributed by atoms with Crippen LogP contribution in [0.5, 0.6) is 0 Å². The van der Waals surface area contributed by atoms with E-state index in [0.29, 0.717) is 44.7 Å². The van der Waals surface area contributed by atoms with Crippen LogP contribution in [-0.4, -0.2) is 67.2 Å². The van der Waals surface area contributed by atoms with Crippen LogP contribution < -0.4 is 0 Å². The van der Waals surface area contributed by atoms with Crippen molar-refractivity contribution in [3.05, 3.63) is 71.8 Å². The minimum atomic E-state index is -3.38. The molecule has 1 aliphatic heterocycles. The standard InChI is InChI=1S/C25H33N3O3S/c1-21(24-12-13-24)27(18-22-8-4-2-5-9-22)19-25(29)26-14-16-28(17-15-26)32(30,31)20-23-10-6-3-7-11-23/h2-11,21,24H,12-20H2,1H3. The summed E-state index contributed by atoms with van der Waals surface area (Å²) >= 11 is 0. The molecule has 172 valence electrons. The second kappa shape index (κ2) is 10.1.